The van der Waals surface area contributed by atoms with E-state index in [0.717, 1.165) is 0 Å². The SMILES string of the molecule is C=CC(CC)C(=O)OOOC(=O)C(C=C)CC. The van der Waals surface area contributed by atoms with Crippen LogP contribution in [0.1, 0.15) is 26.7 Å². The lowest BCUT2D eigenvalue weighted by molar-refractivity contribution is -0.461. The highest BCUT2D eigenvalue weighted by Gasteiger charge is 2.19. The largest absolute Gasteiger partial charge is 0.353 e. The lowest BCUT2D eigenvalue weighted by atomic mass is 10.1. The fourth-order valence-corrected chi connectivity index (χ4v) is 1.07. The van der Waals surface area contributed by atoms with Crippen molar-refractivity contribution in [1.29, 1.82) is 0 Å². The van der Waals surface area contributed by atoms with E-state index in [-0.39, 0.29) is 0 Å². The van der Waals surface area contributed by atoms with Gasteiger partial charge >= 0.3 is 11.9 Å². The molecule has 0 aliphatic carbocycles. The van der Waals surface area contributed by atoms with Crippen molar-refractivity contribution in [1.82, 2.24) is 0 Å². The summed E-state index contributed by atoms with van der Waals surface area (Å²) in [7, 11) is 0. The van der Waals surface area contributed by atoms with Gasteiger partial charge in [-0.1, -0.05) is 26.0 Å². The molecule has 0 spiro atoms. The Labute approximate surface area is 101 Å². The van der Waals surface area contributed by atoms with Crippen LogP contribution in [0.3, 0.4) is 0 Å². The van der Waals surface area contributed by atoms with Crippen molar-refractivity contribution >= 4 is 11.9 Å². The molecule has 0 bridgehead atoms. The number of hydrogen-bond donors (Lipinski definition) is 0. The Balaban J connectivity index is 3.98. The monoisotopic (exact) mass is 242 g/mol. The molecule has 0 aliphatic rings. The van der Waals surface area contributed by atoms with Gasteiger partial charge in [-0.3, -0.25) is 9.78 Å². The van der Waals surface area contributed by atoms with Crippen LogP contribution in [0, 0.1) is 11.8 Å². The van der Waals surface area contributed by atoms with Crippen LogP contribution in [-0.2, 0) is 24.4 Å². The molecule has 0 aromatic heterocycles. The van der Waals surface area contributed by atoms with Crippen LogP contribution in [0.15, 0.2) is 25.3 Å². The third kappa shape index (κ3) is 5.31. The number of carbonyl (C=O) groups is 2. The summed E-state index contributed by atoms with van der Waals surface area (Å²) in [5.41, 5.74) is 0. The van der Waals surface area contributed by atoms with Crippen molar-refractivity contribution in [3.05, 3.63) is 25.3 Å². The van der Waals surface area contributed by atoms with Gasteiger partial charge in [0.15, 0.2) is 0 Å². The topological polar surface area (TPSA) is 61.8 Å². The summed E-state index contributed by atoms with van der Waals surface area (Å²) < 4.78 is 0. The van der Waals surface area contributed by atoms with E-state index in [0.29, 0.717) is 12.8 Å². The first-order valence-corrected chi connectivity index (χ1v) is 5.44. The zero-order chi connectivity index (χ0) is 13.3. The van der Waals surface area contributed by atoms with Crippen LogP contribution < -0.4 is 0 Å². The fraction of sp³-hybridized carbons (Fsp3) is 0.500. The molecule has 0 saturated carbocycles. The van der Waals surface area contributed by atoms with Crippen molar-refractivity contribution in [3.8, 4) is 0 Å². The Hall–Kier alpha value is -1.62. The molecule has 0 rings (SSSR count). The zero-order valence-corrected chi connectivity index (χ0v) is 10.2. The molecule has 5 heteroatoms. The molecule has 0 radical (unpaired) electrons. The van der Waals surface area contributed by atoms with E-state index in [4.69, 9.17) is 0 Å². The van der Waals surface area contributed by atoms with Gasteiger partial charge in [0.25, 0.3) is 0 Å². The molecule has 2 unspecified atom stereocenters. The minimum Gasteiger partial charge on any atom is -0.259 e. The summed E-state index contributed by atoms with van der Waals surface area (Å²) in [5.74, 6) is -2.26. The second-order valence-electron chi connectivity index (χ2n) is 3.37. The third-order valence-electron chi connectivity index (χ3n) is 2.29. The molecule has 17 heavy (non-hydrogen) atoms. The first-order chi connectivity index (χ1) is 8.10. The summed E-state index contributed by atoms with van der Waals surface area (Å²) in [6.07, 6.45) is 3.94. The molecule has 96 valence electrons. The van der Waals surface area contributed by atoms with Crippen molar-refractivity contribution in [3.63, 3.8) is 0 Å². The van der Waals surface area contributed by atoms with E-state index in [2.05, 4.69) is 28.0 Å². The van der Waals surface area contributed by atoms with Gasteiger partial charge in [0.2, 0.25) is 0 Å². The molecule has 0 amide bonds. The lowest BCUT2D eigenvalue weighted by Gasteiger charge is -2.09. The second kappa shape index (κ2) is 8.52. The maximum absolute atomic E-state index is 11.3. The van der Waals surface area contributed by atoms with Crippen molar-refractivity contribution in [2.24, 2.45) is 11.8 Å². The van der Waals surface area contributed by atoms with E-state index in [9.17, 15) is 9.59 Å². The van der Waals surface area contributed by atoms with Crippen LogP contribution in [0.4, 0.5) is 0 Å². The van der Waals surface area contributed by atoms with E-state index < -0.39 is 23.8 Å². The quantitative estimate of drug-likeness (QED) is 0.371. The predicted molar refractivity (Wildman–Crippen MR) is 61.2 cm³/mol. The third-order valence-corrected chi connectivity index (χ3v) is 2.29. The second-order valence-corrected chi connectivity index (χ2v) is 3.37. The van der Waals surface area contributed by atoms with Crippen LogP contribution in [0.2, 0.25) is 0 Å². The van der Waals surface area contributed by atoms with Gasteiger partial charge in [0, 0.05) is 5.04 Å². The summed E-state index contributed by atoms with van der Waals surface area (Å²) in [6.45, 7) is 10.5. The fourth-order valence-electron chi connectivity index (χ4n) is 1.07. The number of rotatable bonds is 8. The van der Waals surface area contributed by atoms with Crippen molar-refractivity contribution < 1.29 is 24.4 Å². The van der Waals surface area contributed by atoms with Gasteiger partial charge in [0.05, 0.1) is 11.8 Å². The van der Waals surface area contributed by atoms with Crippen molar-refractivity contribution in [2.45, 2.75) is 26.7 Å². The number of hydrogen-bond acceptors (Lipinski definition) is 5. The molecule has 0 aromatic rings. The van der Waals surface area contributed by atoms with Crippen LogP contribution >= 0.6 is 0 Å². The lowest BCUT2D eigenvalue weighted by Crippen LogP contribution is -2.19. The Morgan fingerprint density at radius 2 is 1.35 bits per heavy atom. The first kappa shape index (κ1) is 15.4. The van der Waals surface area contributed by atoms with Crippen LogP contribution in [-0.4, -0.2) is 11.9 Å². The summed E-state index contributed by atoms with van der Waals surface area (Å²) in [6, 6.07) is 0. The van der Waals surface area contributed by atoms with E-state index in [1.165, 1.54) is 12.2 Å². The predicted octanol–water partition coefficient (Wildman–Crippen LogP) is 2.34. The van der Waals surface area contributed by atoms with Crippen molar-refractivity contribution in [2.75, 3.05) is 0 Å². The normalized spacial score (nSPS) is 13.3. The van der Waals surface area contributed by atoms with E-state index in [1.807, 2.05) is 0 Å². The maximum Gasteiger partial charge on any atom is 0.353 e. The molecule has 0 aromatic carbocycles. The minimum absolute atomic E-state index is 0.477. The average molecular weight is 242 g/mol. The Morgan fingerprint density at radius 3 is 1.59 bits per heavy atom. The van der Waals surface area contributed by atoms with E-state index in [1.54, 1.807) is 13.8 Å². The average Bonchev–Trinajstić information content (AvgIpc) is 2.32. The van der Waals surface area contributed by atoms with Gasteiger partial charge in [0.1, 0.15) is 0 Å². The van der Waals surface area contributed by atoms with Gasteiger partial charge < -0.3 is 0 Å². The maximum atomic E-state index is 11.3. The first-order valence-electron chi connectivity index (χ1n) is 5.44. The molecule has 5 nitrogen and oxygen atoms in total. The molecule has 0 fully saturated rings. The minimum atomic E-state index is -0.651. The smallest absolute Gasteiger partial charge is 0.259 e. The molecule has 0 aliphatic heterocycles. The van der Waals surface area contributed by atoms with Gasteiger partial charge in [-0.05, 0) is 12.8 Å². The molecule has 0 heterocycles. The molecule has 0 saturated heterocycles. The molecular weight excluding hydrogens is 224 g/mol. The van der Waals surface area contributed by atoms with Gasteiger partial charge in [-0.25, -0.2) is 9.59 Å². The molecule has 2 atom stereocenters. The van der Waals surface area contributed by atoms with Gasteiger partial charge in [-0.2, -0.15) is 0 Å². The Kier molecular flexibility index (Phi) is 7.71. The van der Waals surface area contributed by atoms with E-state index >= 15 is 0 Å². The zero-order valence-electron chi connectivity index (χ0n) is 10.2. The molecule has 0 N–H and O–H groups in total. The van der Waals surface area contributed by atoms with Gasteiger partial charge in [-0.15, -0.1) is 13.2 Å². The summed E-state index contributed by atoms with van der Waals surface area (Å²) in [5, 5.41) is 4.13. The summed E-state index contributed by atoms with van der Waals surface area (Å²) in [4.78, 5) is 31.1. The van der Waals surface area contributed by atoms with Crippen LogP contribution in [0.5, 0.6) is 0 Å². The number of carbonyl (C=O) groups excluding carboxylic acids is 2. The Bertz CT molecular complexity index is 257. The molecular formula is C12H18O5. The standard InChI is InChI=1S/C12H18O5/c1-5-9(6-2)11(13)15-17-16-12(14)10(7-3)8-4/h5,7,9-10H,1,3,6,8H2,2,4H3. The highest BCUT2D eigenvalue weighted by atomic mass is 17.5. The highest BCUT2D eigenvalue weighted by molar-refractivity contribution is 5.74. The summed E-state index contributed by atoms with van der Waals surface area (Å²) >= 11 is 0. The Morgan fingerprint density at radius 1 is 1.00 bits per heavy atom. The highest BCUT2D eigenvalue weighted by Crippen LogP contribution is 2.09. The van der Waals surface area contributed by atoms with Crippen LogP contribution in [0.25, 0.3) is 0 Å².